The van der Waals surface area contributed by atoms with Gasteiger partial charge in [-0.25, -0.2) is 0 Å². The topological polar surface area (TPSA) is 29.9 Å². The molecule has 0 saturated heterocycles. The van der Waals surface area contributed by atoms with Crippen LogP contribution >= 0.6 is 0 Å². The number of benzene rings is 2. The Kier molecular flexibility index (Phi) is 3.00. The van der Waals surface area contributed by atoms with E-state index in [4.69, 9.17) is 0 Å². The van der Waals surface area contributed by atoms with Gasteiger partial charge in [0.1, 0.15) is 0 Å². The van der Waals surface area contributed by atoms with Crippen molar-refractivity contribution in [1.29, 1.82) is 0 Å². The largest absolute Gasteiger partial charge is 0.310 e. The first-order valence-electron chi connectivity index (χ1n) is 7.52. The summed E-state index contributed by atoms with van der Waals surface area (Å²) in [6.07, 6.45) is 1.20. The molecule has 21 heavy (non-hydrogen) atoms. The van der Waals surface area contributed by atoms with Gasteiger partial charge in [-0.1, -0.05) is 42.5 Å². The van der Waals surface area contributed by atoms with Crippen LogP contribution in [0.15, 0.2) is 48.5 Å². The van der Waals surface area contributed by atoms with Crippen molar-refractivity contribution in [3.8, 4) is 0 Å². The highest BCUT2D eigenvalue weighted by atomic mass is 15.3. The maximum absolute atomic E-state index is 4.63. The molecular weight excluding hydrogens is 258 g/mol. The minimum atomic E-state index is 0.663. The lowest BCUT2D eigenvalue weighted by atomic mass is 9.77. The molecule has 1 N–H and O–H groups in total. The predicted octanol–water partition coefficient (Wildman–Crippen LogP) is 3.00. The van der Waals surface area contributed by atoms with E-state index in [1.54, 1.807) is 0 Å². The molecule has 1 aliphatic carbocycles. The summed E-state index contributed by atoms with van der Waals surface area (Å²) >= 11 is 0. The first-order chi connectivity index (χ1) is 10.3. The molecule has 0 aliphatic heterocycles. The van der Waals surface area contributed by atoms with E-state index in [9.17, 15) is 0 Å². The Morgan fingerprint density at radius 2 is 1.95 bits per heavy atom. The summed E-state index contributed by atoms with van der Waals surface area (Å²) < 4.78 is 1.96. The lowest BCUT2D eigenvalue weighted by molar-refractivity contribution is 0.531. The zero-order valence-electron chi connectivity index (χ0n) is 12.2. The summed E-state index contributed by atoms with van der Waals surface area (Å²) in [6.45, 7) is 1.86. The molecule has 0 radical (unpaired) electrons. The van der Waals surface area contributed by atoms with Crippen molar-refractivity contribution in [2.75, 3.05) is 6.54 Å². The van der Waals surface area contributed by atoms with E-state index < -0.39 is 0 Å². The molecule has 1 atom stereocenters. The zero-order chi connectivity index (χ0) is 14.2. The number of hydrogen-bond donors (Lipinski definition) is 1. The van der Waals surface area contributed by atoms with Crippen molar-refractivity contribution in [3.63, 3.8) is 0 Å². The first kappa shape index (κ1) is 12.6. The molecule has 1 aromatic heterocycles. The standard InChI is InChI=1S/C18H19N3/c1-21-18-9-5-4-8-16(18)17(20-21)12-19-11-14-10-13-6-2-3-7-15(13)14/h2-9,14,19H,10-12H2,1H3. The summed E-state index contributed by atoms with van der Waals surface area (Å²) in [5.41, 5.74) is 5.35. The Labute approximate surface area is 124 Å². The van der Waals surface area contributed by atoms with Gasteiger partial charge in [-0.2, -0.15) is 5.10 Å². The number of nitrogens with zero attached hydrogens (tertiary/aromatic N) is 2. The lowest BCUT2D eigenvalue weighted by Gasteiger charge is -2.30. The lowest BCUT2D eigenvalue weighted by Crippen LogP contribution is -2.28. The monoisotopic (exact) mass is 277 g/mol. The van der Waals surface area contributed by atoms with Gasteiger partial charge in [0.25, 0.3) is 0 Å². The third kappa shape index (κ3) is 2.14. The normalized spacial score (nSPS) is 16.7. The number of hydrogen-bond acceptors (Lipinski definition) is 2. The van der Waals surface area contributed by atoms with E-state index in [0.717, 1.165) is 18.8 Å². The molecule has 4 rings (SSSR count). The van der Waals surface area contributed by atoms with Crippen LogP contribution in [-0.2, 0) is 20.0 Å². The van der Waals surface area contributed by atoms with Crippen molar-refractivity contribution in [2.24, 2.45) is 7.05 Å². The third-order valence-corrected chi connectivity index (χ3v) is 4.48. The van der Waals surface area contributed by atoms with Crippen LogP contribution in [0.25, 0.3) is 10.9 Å². The second-order valence-corrected chi connectivity index (χ2v) is 5.82. The van der Waals surface area contributed by atoms with Crippen LogP contribution in [0.5, 0.6) is 0 Å². The minimum Gasteiger partial charge on any atom is -0.310 e. The summed E-state index contributed by atoms with van der Waals surface area (Å²) in [7, 11) is 2.01. The van der Waals surface area contributed by atoms with Gasteiger partial charge in [-0.05, 0) is 23.6 Å². The van der Waals surface area contributed by atoms with Gasteiger partial charge >= 0.3 is 0 Å². The maximum Gasteiger partial charge on any atom is 0.0841 e. The van der Waals surface area contributed by atoms with Crippen LogP contribution < -0.4 is 5.32 Å². The van der Waals surface area contributed by atoms with Crippen molar-refractivity contribution in [2.45, 2.75) is 18.9 Å². The van der Waals surface area contributed by atoms with Gasteiger partial charge in [0.15, 0.2) is 0 Å². The first-order valence-corrected chi connectivity index (χ1v) is 7.52. The number of fused-ring (bicyclic) bond motifs is 2. The maximum atomic E-state index is 4.63. The SMILES string of the molecule is Cn1nc(CNCC2Cc3ccccc32)c2ccccc21. The van der Waals surface area contributed by atoms with Crippen LogP contribution in [0.2, 0.25) is 0 Å². The molecule has 0 spiro atoms. The number of nitrogens with one attached hydrogen (secondary N) is 1. The Hall–Kier alpha value is -2.13. The predicted molar refractivity (Wildman–Crippen MR) is 85.3 cm³/mol. The number of para-hydroxylation sites is 1. The van der Waals surface area contributed by atoms with Crippen molar-refractivity contribution >= 4 is 10.9 Å². The molecule has 3 aromatic rings. The minimum absolute atomic E-state index is 0.663. The number of aromatic nitrogens is 2. The second kappa shape index (κ2) is 5.01. The molecule has 1 aliphatic rings. The quantitative estimate of drug-likeness (QED) is 0.794. The molecule has 0 saturated carbocycles. The Bertz CT molecular complexity index is 788. The van der Waals surface area contributed by atoms with Crippen molar-refractivity contribution in [3.05, 3.63) is 65.4 Å². The van der Waals surface area contributed by atoms with Gasteiger partial charge < -0.3 is 5.32 Å². The highest BCUT2D eigenvalue weighted by Crippen LogP contribution is 2.34. The average Bonchev–Trinajstić information content (AvgIpc) is 2.81. The summed E-state index contributed by atoms with van der Waals surface area (Å²) in [4.78, 5) is 0. The number of aryl methyl sites for hydroxylation is 1. The highest BCUT2D eigenvalue weighted by Gasteiger charge is 2.24. The Balaban J connectivity index is 1.43. The van der Waals surface area contributed by atoms with Gasteiger partial charge in [-0.3, -0.25) is 4.68 Å². The smallest absolute Gasteiger partial charge is 0.0841 e. The van der Waals surface area contributed by atoms with Gasteiger partial charge in [0.05, 0.1) is 11.2 Å². The molecular formula is C18H19N3. The van der Waals surface area contributed by atoms with Crippen LogP contribution in [-0.4, -0.2) is 16.3 Å². The fourth-order valence-corrected chi connectivity index (χ4v) is 3.33. The molecule has 3 heteroatoms. The summed E-state index contributed by atoms with van der Waals surface area (Å²) in [5.74, 6) is 0.663. The van der Waals surface area contributed by atoms with E-state index in [1.165, 1.54) is 28.5 Å². The molecule has 0 fully saturated rings. The van der Waals surface area contributed by atoms with Gasteiger partial charge in [0.2, 0.25) is 0 Å². The van der Waals surface area contributed by atoms with Crippen LogP contribution in [0.4, 0.5) is 0 Å². The van der Waals surface area contributed by atoms with Crippen LogP contribution in [0.3, 0.4) is 0 Å². The Morgan fingerprint density at radius 1 is 1.14 bits per heavy atom. The van der Waals surface area contributed by atoms with E-state index in [-0.39, 0.29) is 0 Å². The second-order valence-electron chi connectivity index (χ2n) is 5.82. The molecule has 1 heterocycles. The van der Waals surface area contributed by atoms with E-state index in [0.29, 0.717) is 5.92 Å². The third-order valence-electron chi connectivity index (χ3n) is 4.48. The Morgan fingerprint density at radius 3 is 2.86 bits per heavy atom. The molecule has 106 valence electrons. The average molecular weight is 277 g/mol. The fourth-order valence-electron chi connectivity index (χ4n) is 3.33. The van der Waals surface area contributed by atoms with Crippen LogP contribution in [0.1, 0.15) is 22.7 Å². The zero-order valence-corrected chi connectivity index (χ0v) is 12.2. The molecule has 2 aromatic carbocycles. The molecule has 0 bridgehead atoms. The van der Waals surface area contributed by atoms with E-state index in [1.807, 2.05) is 11.7 Å². The molecule has 1 unspecified atom stereocenters. The molecule has 3 nitrogen and oxygen atoms in total. The van der Waals surface area contributed by atoms with Gasteiger partial charge in [-0.15, -0.1) is 0 Å². The van der Waals surface area contributed by atoms with Crippen molar-refractivity contribution in [1.82, 2.24) is 15.1 Å². The summed E-state index contributed by atoms with van der Waals surface area (Å²) in [5, 5.41) is 9.45. The highest BCUT2D eigenvalue weighted by molar-refractivity contribution is 5.81. The molecule has 0 amide bonds. The van der Waals surface area contributed by atoms with Crippen LogP contribution in [0, 0.1) is 0 Å². The summed E-state index contributed by atoms with van der Waals surface area (Å²) in [6, 6.07) is 17.2. The van der Waals surface area contributed by atoms with E-state index >= 15 is 0 Å². The fraction of sp³-hybridized carbons (Fsp3) is 0.278. The van der Waals surface area contributed by atoms with Gasteiger partial charge in [0, 0.05) is 31.4 Å². The van der Waals surface area contributed by atoms with E-state index in [2.05, 4.69) is 58.9 Å². The number of rotatable bonds is 4. The van der Waals surface area contributed by atoms with Crippen molar-refractivity contribution < 1.29 is 0 Å².